The molecule has 1 aliphatic rings. The van der Waals surface area contributed by atoms with E-state index in [4.69, 9.17) is 0 Å². The van der Waals surface area contributed by atoms with Gasteiger partial charge in [-0.25, -0.2) is 0 Å². The Morgan fingerprint density at radius 1 is 0.923 bits per heavy atom. The van der Waals surface area contributed by atoms with E-state index < -0.39 is 0 Å². The van der Waals surface area contributed by atoms with Crippen LogP contribution in [0.1, 0.15) is 23.2 Å². The maximum atomic E-state index is 12.8. The van der Waals surface area contributed by atoms with Gasteiger partial charge >= 0.3 is 0 Å². The summed E-state index contributed by atoms with van der Waals surface area (Å²) in [4.78, 5) is 26.8. The molecule has 3 aromatic carbocycles. The fourth-order valence-corrected chi connectivity index (χ4v) is 3.15. The average Bonchev–Trinajstić information content (AvgIpc) is 3.52. The second-order valence-electron chi connectivity index (χ2n) is 6.70. The van der Waals surface area contributed by atoms with Crippen molar-refractivity contribution in [1.29, 1.82) is 0 Å². The molecule has 4 rings (SSSR count). The summed E-state index contributed by atoms with van der Waals surface area (Å²) in [7, 11) is 1.74. The monoisotopic (exact) mass is 344 g/mol. The first-order valence-electron chi connectivity index (χ1n) is 8.80. The summed E-state index contributed by atoms with van der Waals surface area (Å²) < 4.78 is 0. The largest absolute Gasteiger partial charge is 0.322 e. The van der Waals surface area contributed by atoms with Gasteiger partial charge in [0, 0.05) is 18.7 Å². The van der Waals surface area contributed by atoms with E-state index in [-0.39, 0.29) is 17.7 Å². The molecule has 1 aliphatic carbocycles. The lowest BCUT2D eigenvalue weighted by atomic mass is 10.1. The Balaban J connectivity index is 1.60. The average molecular weight is 344 g/mol. The minimum absolute atomic E-state index is 0.0796. The molecule has 4 nitrogen and oxygen atoms in total. The number of hydrogen-bond donors (Lipinski definition) is 1. The van der Waals surface area contributed by atoms with Crippen LogP contribution in [0.4, 0.5) is 11.4 Å². The van der Waals surface area contributed by atoms with E-state index in [9.17, 15) is 9.59 Å². The van der Waals surface area contributed by atoms with Crippen LogP contribution >= 0.6 is 0 Å². The Morgan fingerprint density at radius 3 is 2.38 bits per heavy atom. The van der Waals surface area contributed by atoms with Gasteiger partial charge in [-0.15, -0.1) is 0 Å². The maximum Gasteiger partial charge on any atom is 0.257 e. The summed E-state index contributed by atoms with van der Waals surface area (Å²) in [5, 5.41) is 5.15. The molecule has 0 atom stereocenters. The Bertz CT molecular complexity index is 992. The van der Waals surface area contributed by atoms with E-state index in [1.165, 1.54) is 0 Å². The predicted octanol–water partition coefficient (Wildman–Crippen LogP) is 4.46. The minimum Gasteiger partial charge on any atom is -0.322 e. The van der Waals surface area contributed by atoms with E-state index in [1.54, 1.807) is 18.0 Å². The van der Waals surface area contributed by atoms with Gasteiger partial charge in [0.05, 0.1) is 11.3 Å². The fraction of sp³-hybridized carbons (Fsp3) is 0.182. The van der Waals surface area contributed by atoms with E-state index in [2.05, 4.69) is 5.32 Å². The Morgan fingerprint density at radius 2 is 1.62 bits per heavy atom. The van der Waals surface area contributed by atoms with Gasteiger partial charge in [0.15, 0.2) is 0 Å². The van der Waals surface area contributed by atoms with Gasteiger partial charge in [-0.3, -0.25) is 9.59 Å². The topological polar surface area (TPSA) is 49.4 Å². The molecule has 3 aromatic rings. The summed E-state index contributed by atoms with van der Waals surface area (Å²) in [6.45, 7) is 0. The summed E-state index contributed by atoms with van der Waals surface area (Å²) in [5.74, 6) is -0.0288. The lowest BCUT2D eigenvalue weighted by molar-refractivity contribution is -0.119. The molecule has 26 heavy (non-hydrogen) atoms. The van der Waals surface area contributed by atoms with Gasteiger partial charge in [-0.2, -0.15) is 0 Å². The highest BCUT2D eigenvalue weighted by Gasteiger charge is 2.33. The predicted molar refractivity (Wildman–Crippen MR) is 104 cm³/mol. The number of carbonyl (C=O) groups is 2. The third-order valence-corrected chi connectivity index (χ3v) is 4.77. The molecule has 0 aromatic heterocycles. The van der Waals surface area contributed by atoms with Crippen molar-refractivity contribution in [3.05, 3.63) is 72.3 Å². The van der Waals surface area contributed by atoms with Crippen LogP contribution in [-0.2, 0) is 4.79 Å². The molecule has 0 unspecified atom stereocenters. The quantitative estimate of drug-likeness (QED) is 0.759. The maximum absolute atomic E-state index is 12.8. The molecule has 130 valence electrons. The second-order valence-corrected chi connectivity index (χ2v) is 6.70. The molecule has 0 saturated heterocycles. The van der Waals surface area contributed by atoms with E-state index in [1.807, 2.05) is 60.7 Å². The van der Waals surface area contributed by atoms with E-state index in [0.29, 0.717) is 11.3 Å². The first-order chi connectivity index (χ1) is 12.6. The molecule has 0 bridgehead atoms. The standard InChI is InChI=1S/C22H20N2O2/c1-24(22(26)16-10-11-16)20-9-5-4-8-19(20)21(25)23-18-13-12-15-6-2-3-7-17(15)14-18/h2-9,12-14,16H,10-11H2,1H3,(H,23,25). The molecular formula is C22H20N2O2. The zero-order valence-electron chi connectivity index (χ0n) is 14.6. The van der Waals surface area contributed by atoms with Crippen LogP contribution in [0.25, 0.3) is 10.8 Å². The van der Waals surface area contributed by atoms with Crippen molar-refractivity contribution in [2.75, 3.05) is 17.3 Å². The fourth-order valence-electron chi connectivity index (χ4n) is 3.15. The highest BCUT2D eigenvalue weighted by Crippen LogP contribution is 2.33. The van der Waals surface area contributed by atoms with Gasteiger partial charge in [0.1, 0.15) is 0 Å². The summed E-state index contributed by atoms with van der Waals surface area (Å²) >= 11 is 0. The smallest absolute Gasteiger partial charge is 0.257 e. The Labute approximate surface area is 152 Å². The van der Waals surface area contributed by atoms with Crippen LogP contribution in [0.5, 0.6) is 0 Å². The van der Waals surface area contributed by atoms with Gasteiger partial charge in [0.2, 0.25) is 5.91 Å². The number of nitrogens with zero attached hydrogens (tertiary/aromatic N) is 1. The van der Waals surface area contributed by atoms with Gasteiger partial charge in [0.25, 0.3) is 5.91 Å². The van der Waals surface area contributed by atoms with Crippen molar-refractivity contribution >= 4 is 34.0 Å². The number of para-hydroxylation sites is 1. The first kappa shape index (κ1) is 16.3. The molecule has 0 spiro atoms. The van der Waals surface area contributed by atoms with Crippen molar-refractivity contribution in [3.8, 4) is 0 Å². The number of amides is 2. The van der Waals surface area contributed by atoms with Gasteiger partial charge in [-0.1, -0.05) is 42.5 Å². The van der Waals surface area contributed by atoms with Crippen LogP contribution in [0.15, 0.2) is 66.7 Å². The summed E-state index contributed by atoms with van der Waals surface area (Å²) in [6.07, 6.45) is 1.88. The van der Waals surface area contributed by atoms with Crippen LogP contribution in [-0.4, -0.2) is 18.9 Å². The van der Waals surface area contributed by atoms with Crippen molar-refractivity contribution in [3.63, 3.8) is 0 Å². The van der Waals surface area contributed by atoms with Crippen molar-refractivity contribution in [2.24, 2.45) is 5.92 Å². The van der Waals surface area contributed by atoms with Crippen LogP contribution in [0.2, 0.25) is 0 Å². The SMILES string of the molecule is CN(C(=O)C1CC1)c1ccccc1C(=O)Nc1ccc2ccccc2c1. The van der Waals surface area contributed by atoms with Crippen LogP contribution < -0.4 is 10.2 Å². The first-order valence-corrected chi connectivity index (χ1v) is 8.80. The Hall–Kier alpha value is -3.14. The van der Waals surface area contributed by atoms with Crippen molar-refractivity contribution in [1.82, 2.24) is 0 Å². The number of benzene rings is 3. The van der Waals surface area contributed by atoms with Crippen molar-refractivity contribution in [2.45, 2.75) is 12.8 Å². The highest BCUT2D eigenvalue weighted by molar-refractivity contribution is 6.11. The lowest BCUT2D eigenvalue weighted by Gasteiger charge is -2.20. The molecule has 0 heterocycles. The molecular weight excluding hydrogens is 324 g/mol. The van der Waals surface area contributed by atoms with E-state index in [0.717, 1.165) is 29.3 Å². The van der Waals surface area contributed by atoms with Gasteiger partial charge in [-0.05, 0) is 47.9 Å². The van der Waals surface area contributed by atoms with Gasteiger partial charge < -0.3 is 10.2 Å². The zero-order chi connectivity index (χ0) is 18.1. The van der Waals surface area contributed by atoms with E-state index >= 15 is 0 Å². The summed E-state index contributed by atoms with van der Waals surface area (Å²) in [6, 6.07) is 21.1. The third-order valence-electron chi connectivity index (χ3n) is 4.77. The second kappa shape index (κ2) is 6.64. The number of anilines is 2. The minimum atomic E-state index is -0.216. The molecule has 1 N–H and O–H groups in total. The molecule has 4 heteroatoms. The molecule has 1 saturated carbocycles. The lowest BCUT2D eigenvalue weighted by Crippen LogP contribution is -2.29. The third kappa shape index (κ3) is 3.18. The Kier molecular flexibility index (Phi) is 4.17. The number of hydrogen-bond acceptors (Lipinski definition) is 2. The van der Waals surface area contributed by atoms with Crippen LogP contribution in [0, 0.1) is 5.92 Å². The highest BCUT2D eigenvalue weighted by atomic mass is 16.2. The number of fused-ring (bicyclic) bond motifs is 1. The molecule has 0 radical (unpaired) electrons. The number of rotatable bonds is 4. The molecule has 1 fully saturated rings. The molecule has 2 amide bonds. The molecule has 0 aliphatic heterocycles. The summed E-state index contributed by atoms with van der Waals surface area (Å²) in [5.41, 5.74) is 1.87. The zero-order valence-corrected chi connectivity index (χ0v) is 14.6. The van der Waals surface area contributed by atoms with Crippen LogP contribution in [0.3, 0.4) is 0 Å². The number of carbonyl (C=O) groups excluding carboxylic acids is 2. The number of nitrogens with one attached hydrogen (secondary N) is 1. The normalized spacial score (nSPS) is 13.4. The van der Waals surface area contributed by atoms with Crippen molar-refractivity contribution < 1.29 is 9.59 Å².